The highest BCUT2D eigenvalue weighted by atomic mass is 35.5. The van der Waals surface area contributed by atoms with Crippen molar-refractivity contribution >= 4 is 29.0 Å². The molecule has 0 aliphatic rings. The molecule has 7 nitrogen and oxygen atoms in total. The number of hydrogen-bond acceptors (Lipinski definition) is 5. The van der Waals surface area contributed by atoms with Crippen LogP contribution in [0.25, 0.3) is 22.8 Å². The second-order valence-electron chi connectivity index (χ2n) is 6.26. The largest absolute Gasteiger partial charge is 0.496 e. The van der Waals surface area contributed by atoms with Crippen molar-refractivity contribution in [3.05, 3.63) is 77.8 Å². The number of para-hydroxylation sites is 2. The van der Waals surface area contributed by atoms with Gasteiger partial charge >= 0.3 is 6.03 Å². The summed E-state index contributed by atoms with van der Waals surface area (Å²) in [5.74, 6) is 1.38. The monoisotopic (exact) mass is 420 g/mol. The van der Waals surface area contributed by atoms with Crippen LogP contribution in [0.3, 0.4) is 0 Å². The van der Waals surface area contributed by atoms with Crippen molar-refractivity contribution in [1.82, 2.24) is 10.1 Å². The van der Waals surface area contributed by atoms with Gasteiger partial charge in [-0.05, 0) is 36.4 Å². The molecule has 0 bridgehead atoms. The Morgan fingerprint density at radius 1 is 1.00 bits per heavy atom. The molecule has 2 amide bonds. The van der Waals surface area contributed by atoms with Crippen molar-refractivity contribution in [2.75, 3.05) is 17.7 Å². The zero-order chi connectivity index (χ0) is 20.9. The van der Waals surface area contributed by atoms with E-state index in [4.69, 9.17) is 20.9 Å². The van der Waals surface area contributed by atoms with Crippen molar-refractivity contribution in [3.63, 3.8) is 0 Å². The maximum absolute atomic E-state index is 12.3. The molecule has 1 heterocycles. The summed E-state index contributed by atoms with van der Waals surface area (Å²) in [6.45, 7) is 0. The number of anilines is 2. The number of hydrogen-bond donors (Lipinski definition) is 2. The van der Waals surface area contributed by atoms with Gasteiger partial charge in [-0.25, -0.2) is 4.79 Å². The van der Waals surface area contributed by atoms with Crippen molar-refractivity contribution in [2.45, 2.75) is 0 Å². The molecular weight excluding hydrogens is 404 g/mol. The summed E-state index contributed by atoms with van der Waals surface area (Å²) in [5, 5.41) is 9.99. The normalized spacial score (nSPS) is 10.5. The number of carbonyl (C=O) groups excluding carboxylic acids is 1. The molecule has 0 aliphatic carbocycles. The van der Waals surface area contributed by atoms with E-state index < -0.39 is 6.03 Å². The maximum atomic E-state index is 12.3. The lowest BCUT2D eigenvalue weighted by atomic mass is 10.2. The van der Waals surface area contributed by atoms with Crippen LogP contribution in [0.2, 0.25) is 5.02 Å². The van der Waals surface area contributed by atoms with E-state index in [1.54, 1.807) is 49.6 Å². The molecule has 8 heteroatoms. The van der Waals surface area contributed by atoms with Gasteiger partial charge in [-0.15, -0.1) is 0 Å². The minimum Gasteiger partial charge on any atom is -0.496 e. The third-order valence-corrected chi connectivity index (χ3v) is 4.59. The third-order valence-electron chi connectivity index (χ3n) is 4.26. The van der Waals surface area contributed by atoms with Gasteiger partial charge in [-0.1, -0.05) is 53.2 Å². The fraction of sp³-hybridized carbons (Fsp3) is 0.0455. The zero-order valence-electron chi connectivity index (χ0n) is 15.9. The molecule has 30 heavy (non-hydrogen) atoms. The number of halogens is 1. The summed E-state index contributed by atoms with van der Waals surface area (Å²) >= 11 is 6.07. The van der Waals surface area contributed by atoms with E-state index in [1.807, 2.05) is 30.3 Å². The van der Waals surface area contributed by atoms with Gasteiger partial charge < -0.3 is 19.9 Å². The SMILES string of the molecule is COc1ccccc1-c1nc(-c2cccc(NC(=O)Nc3ccccc3Cl)c2)no1. The van der Waals surface area contributed by atoms with Crippen molar-refractivity contribution in [3.8, 4) is 28.6 Å². The molecule has 0 atom stereocenters. The fourth-order valence-electron chi connectivity index (χ4n) is 2.85. The third kappa shape index (κ3) is 4.26. The van der Waals surface area contributed by atoms with Crippen LogP contribution in [0.1, 0.15) is 0 Å². The zero-order valence-corrected chi connectivity index (χ0v) is 16.7. The number of rotatable bonds is 5. The molecule has 0 saturated heterocycles. The number of amides is 2. The molecule has 0 fully saturated rings. The molecule has 0 unspecified atom stereocenters. The second kappa shape index (κ2) is 8.67. The van der Waals surface area contributed by atoms with Crippen LogP contribution in [0.15, 0.2) is 77.3 Å². The fourth-order valence-corrected chi connectivity index (χ4v) is 3.04. The Morgan fingerprint density at radius 3 is 2.63 bits per heavy atom. The summed E-state index contributed by atoms with van der Waals surface area (Å²) in [4.78, 5) is 16.8. The van der Waals surface area contributed by atoms with Gasteiger partial charge in [0, 0.05) is 11.3 Å². The number of nitrogens with one attached hydrogen (secondary N) is 2. The van der Waals surface area contributed by atoms with Gasteiger partial charge in [-0.2, -0.15) is 4.98 Å². The Labute approximate surface area is 177 Å². The van der Waals surface area contributed by atoms with Gasteiger partial charge in [0.15, 0.2) is 0 Å². The molecule has 2 N–H and O–H groups in total. The number of ether oxygens (including phenoxy) is 1. The van der Waals surface area contributed by atoms with E-state index in [-0.39, 0.29) is 0 Å². The molecule has 0 aliphatic heterocycles. The number of methoxy groups -OCH3 is 1. The van der Waals surface area contributed by atoms with Crippen LogP contribution in [-0.2, 0) is 0 Å². The molecule has 0 radical (unpaired) electrons. The van der Waals surface area contributed by atoms with Gasteiger partial charge in [0.2, 0.25) is 5.82 Å². The highest BCUT2D eigenvalue weighted by molar-refractivity contribution is 6.33. The summed E-state index contributed by atoms with van der Waals surface area (Å²) in [6, 6.07) is 21.1. The minimum atomic E-state index is -0.414. The lowest BCUT2D eigenvalue weighted by Crippen LogP contribution is -2.19. The van der Waals surface area contributed by atoms with E-state index in [1.165, 1.54) is 0 Å². The first-order chi connectivity index (χ1) is 14.6. The van der Waals surface area contributed by atoms with E-state index in [0.717, 1.165) is 0 Å². The Morgan fingerprint density at radius 2 is 1.80 bits per heavy atom. The van der Waals surface area contributed by atoms with Gasteiger partial charge in [0.25, 0.3) is 5.89 Å². The maximum Gasteiger partial charge on any atom is 0.323 e. The first-order valence-electron chi connectivity index (χ1n) is 9.04. The van der Waals surface area contributed by atoms with Crippen LogP contribution in [0, 0.1) is 0 Å². The van der Waals surface area contributed by atoms with Crippen LogP contribution in [-0.4, -0.2) is 23.3 Å². The van der Waals surface area contributed by atoms with E-state index in [0.29, 0.717) is 45.0 Å². The Bertz CT molecular complexity index is 1190. The lowest BCUT2D eigenvalue weighted by Gasteiger charge is -2.09. The first kappa shape index (κ1) is 19.5. The molecule has 1 aromatic heterocycles. The molecule has 0 spiro atoms. The Balaban J connectivity index is 1.52. The smallest absolute Gasteiger partial charge is 0.323 e. The number of nitrogens with zero attached hydrogens (tertiary/aromatic N) is 2. The van der Waals surface area contributed by atoms with Gasteiger partial charge in [0.05, 0.1) is 23.4 Å². The summed E-state index contributed by atoms with van der Waals surface area (Å²) < 4.78 is 10.7. The van der Waals surface area contributed by atoms with Crippen LogP contribution >= 0.6 is 11.6 Å². The predicted molar refractivity (Wildman–Crippen MR) is 116 cm³/mol. The van der Waals surface area contributed by atoms with Crippen LogP contribution in [0.5, 0.6) is 5.75 Å². The van der Waals surface area contributed by atoms with E-state index in [2.05, 4.69) is 20.8 Å². The topological polar surface area (TPSA) is 89.3 Å². The molecule has 0 saturated carbocycles. The Hall–Kier alpha value is -3.84. The van der Waals surface area contributed by atoms with Crippen molar-refractivity contribution in [1.29, 1.82) is 0 Å². The summed E-state index contributed by atoms with van der Waals surface area (Å²) in [6.07, 6.45) is 0. The van der Waals surface area contributed by atoms with Crippen molar-refractivity contribution in [2.24, 2.45) is 0 Å². The minimum absolute atomic E-state index is 0.345. The highest BCUT2D eigenvalue weighted by Crippen LogP contribution is 2.30. The molecule has 4 rings (SSSR count). The van der Waals surface area contributed by atoms with Crippen molar-refractivity contribution < 1.29 is 14.1 Å². The average Bonchev–Trinajstić information content (AvgIpc) is 3.26. The quantitative estimate of drug-likeness (QED) is 0.431. The summed E-state index contributed by atoms with van der Waals surface area (Å²) in [7, 11) is 1.58. The van der Waals surface area contributed by atoms with E-state index in [9.17, 15) is 4.79 Å². The van der Waals surface area contributed by atoms with Gasteiger partial charge in [0.1, 0.15) is 5.75 Å². The van der Waals surface area contributed by atoms with Crippen LogP contribution < -0.4 is 15.4 Å². The molecular formula is C22H17ClN4O3. The van der Waals surface area contributed by atoms with Crippen LogP contribution in [0.4, 0.5) is 16.2 Å². The number of aromatic nitrogens is 2. The molecule has 150 valence electrons. The number of benzene rings is 3. The summed E-state index contributed by atoms with van der Waals surface area (Å²) in [5.41, 5.74) is 2.48. The Kier molecular flexibility index (Phi) is 5.63. The lowest BCUT2D eigenvalue weighted by molar-refractivity contribution is 0.262. The number of carbonyl (C=O) groups is 1. The standard InChI is InChI=1S/C22H17ClN4O3/c1-29-19-12-5-2-9-16(19)21-26-20(27-30-21)14-7-6-8-15(13-14)24-22(28)25-18-11-4-3-10-17(18)23/h2-13H,1H3,(H2,24,25,28). The number of urea groups is 1. The first-order valence-corrected chi connectivity index (χ1v) is 9.42. The average molecular weight is 421 g/mol. The molecule has 4 aromatic rings. The highest BCUT2D eigenvalue weighted by Gasteiger charge is 2.15. The van der Waals surface area contributed by atoms with Gasteiger partial charge in [-0.3, -0.25) is 0 Å². The van der Waals surface area contributed by atoms with E-state index >= 15 is 0 Å². The second-order valence-corrected chi connectivity index (χ2v) is 6.67. The molecule has 3 aromatic carbocycles. The predicted octanol–water partition coefficient (Wildman–Crippen LogP) is 5.71.